The predicted octanol–water partition coefficient (Wildman–Crippen LogP) is 4.24. The second kappa shape index (κ2) is 5.92. The topological polar surface area (TPSA) is 18.5 Å². The van der Waals surface area contributed by atoms with Crippen LogP contribution in [0, 0.1) is 23.7 Å². The van der Waals surface area contributed by atoms with Gasteiger partial charge in [-0.15, -0.1) is 0 Å². The van der Waals surface area contributed by atoms with Gasteiger partial charge in [0, 0.05) is 11.8 Å². The fraction of sp³-hybridized carbons (Fsp3) is 1.00. The SMILES string of the molecule is CC(C)CC1CC(C)C2(OCCCCO2)C(C)C1. The summed E-state index contributed by atoms with van der Waals surface area (Å²) in [7, 11) is 0. The molecular formula is C16H30O2. The largest absolute Gasteiger partial charge is 0.349 e. The standard InChI is InChI=1S/C16H30O2/c1-12(2)9-15-10-13(3)16(14(4)11-15)17-7-5-6-8-18-16/h12-15H,5-11H2,1-4H3. The molecule has 2 fully saturated rings. The second-order valence-corrected chi connectivity index (χ2v) is 6.89. The van der Waals surface area contributed by atoms with Crippen molar-refractivity contribution in [1.82, 2.24) is 0 Å². The van der Waals surface area contributed by atoms with Crippen LogP contribution in [0.3, 0.4) is 0 Å². The van der Waals surface area contributed by atoms with Crippen LogP contribution in [0.2, 0.25) is 0 Å². The molecule has 0 aromatic carbocycles. The highest BCUT2D eigenvalue weighted by atomic mass is 16.7. The molecule has 0 bridgehead atoms. The lowest BCUT2D eigenvalue weighted by Gasteiger charge is -2.48. The fourth-order valence-electron chi connectivity index (χ4n) is 4.05. The van der Waals surface area contributed by atoms with E-state index in [1.165, 1.54) is 19.3 Å². The van der Waals surface area contributed by atoms with Gasteiger partial charge < -0.3 is 9.47 Å². The maximum atomic E-state index is 6.19. The van der Waals surface area contributed by atoms with E-state index in [2.05, 4.69) is 27.7 Å². The molecule has 1 aliphatic heterocycles. The molecule has 2 rings (SSSR count). The van der Waals surface area contributed by atoms with Crippen molar-refractivity contribution in [1.29, 1.82) is 0 Å². The third-order valence-corrected chi connectivity index (χ3v) is 4.75. The number of ether oxygens (including phenoxy) is 2. The highest BCUT2D eigenvalue weighted by Crippen LogP contribution is 2.46. The van der Waals surface area contributed by atoms with E-state index in [-0.39, 0.29) is 5.79 Å². The van der Waals surface area contributed by atoms with Crippen LogP contribution >= 0.6 is 0 Å². The Morgan fingerprint density at radius 3 is 1.94 bits per heavy atom. The van der Waals surface area contributed by atoms with Gasteiger partial charge in [-0.25, -0.2) is 0 Å². The van der Waals surface area contributed by atoms with Gasteiger partial charge in [-0.05, 0) is 43.9 Å². The monoisotopic (exact) mass is 254 g/mol. The molecule has 0 aromatic rings. The highest BCUT2D eigenvalue weighted by molar-refractivity contribution is 4.91. The molecule has 2 aliphatic rings. The zero-order valence-corrected chi connectivity index (χ0v) is 12.6. The van der Waals surface area contributed by atoms with Gasteiger partial charge in [0.2, 0.25) is 0 Å². The minimum atomic E-state index is -0.274. The molecule has 1 saturated heterocycles. The molecular weight excluding hydrogens is 224 g/mol. The van der Waals surface area contributed by atoms with E-state index < -0.39 is 0 Å². The molecule has 0 aromatic heterocycles. The van der Waals surface area contributed by atoms with Crippen molar-refractivity contribution in [2.45, 2.75) is 65.6 Å². The molecule has 1 heterocycles. The smallest absolute Gasteiger partial charge is 0.173 e. The number of hydrogen-bond acceptors (Lipinski definition) is 2. The summed E-state index contributed by atoms with van der Waals surface area (Å²) in [6.45, 7) is 11.1. The Kier molecular flexibility index (Phi) is 4.71. The van der Waals surface area contributed by atoms with Crippen LogP contribution in [0.25, 0.3) is 0 Å². The van der Waals surface area contributed by atoms with Crippen molar-refractivity contribution in [3.05, 3.63) is 0 Å². The number of rotatable bonds is 2. The van der Waals surface area contributed by atoms with Crippen LogP contribution in [-0.4, -0.2) is 19.0 Å². The van der Waals surface area contributed by atoms with Crippen LogP contribution < -0.4 is 0 Å². The lowest BCUT2D eigenvalue weighted by atomic mass is 9.69. The Morgan fingerprint density at radius 2 is 1.50 bits per heavy atom. The Bertz CT molecular complexity index is 240. The Hall–Kier alpha value is -0.0800. The van der Waals surface area contributed by atoms with Gasteiger partial charge in [0.25, 0.3) is 0 Å². The Morgan fingerprint density at radius 1 is 1.00 bits per heavy atom. The average Bonchev–Trinajstić information content (AvgIpc) is 2.52. The normalized spacial score (nSPS) is 36.8. The van der Waals surface area contributed by atoms with Crippen molar-refractivity contribution in [3.8, 4) is 0 Å². The van der Waals surface area contributed by atoms with Crippen molar-refractivity contribution < 1.29 is 9.47 Å². The van der Waals surface area contributed by atoms with Gasteiger partial charge in [-0.3, -0.25) is 0 Å². The summed E-state index contributed by atoms with van der Waals surface area (Å²) in [4.78, 5) is 0. The van der Waals surface area contributed by atoms with Gasteiger partial charge in [-0.2, -0.15) is 0 Å². The third-order valence-electron chi connectivity index (χ3n) is 4.75. The summed E-state index contributed by atoms with van der Waals surface area (Å²) in [5.74, 6) is 2.45. The van der Waals surface area contributed by atoms with Crippen LogP contribution in [0.15, 0.2) is 0 Å². The molecule has 106 valence electrons. The van der Waals surface area contributed by atoms with E-state index in [1.54, 1.807) is 0 Å². The maximum Gasteiger partial charge on any atom is 0.173 e. The molecule has 0 radical (unpaired) electrons. The zero-order valence-electron chi connectivity index (χ0n) is 12.6. The van der Waals surface area contributed by atoms with E-state index in [9.17, 15) is 0 Å². The van der Waals surface area contributed by atoms with Gasteiger partial charge in [0.05, 0.1) is 13.2 Å². The second-order valence-electron chi connectivity index (χ2n) is 6.89. The molecule has 0 amide bonds. The summed E-state index contributed by atoms with van der Waals surface area (Å²) in [5, 5.41) is 0. The highest BCUT2D eigenvalue weighted by Gasteiger charge is 2.48. The Balaban J connectivity index is 2.04. The van der Waals surface area contributed by atoms with Gasteiger partial charge in [0.1, 0.15) is 0 Å². The van der Waals surface area contributed by atoms with Crippen LogP contribution in [-0.2, 0) is 9.47 Å². The first kappa shape index (κ1) is 14.3. The van der Waals surface area contributed by atoms with E-state index in [0.717, 1.165) is 37.9 Å². The molecule has 2 heteroatoms. The van der Waals surface area contributed by atoms with Gasteiger partial charge in [-0.1, -0.05) is 27.7 Å². The average molecular weight is 254 g/mol. The van der Waals surface area contributed by atoms with Crippen molar-refractivity contribution >= 4 is 0 Å². The maximum absolute atomic E-state index is 6.19. The fourth-order valence-corrected chi connectivity index (χ4v) is 4.05. The molecule has 2 atom stereocenters. The van der Waals surface area contributed by atoms with Gasteiger partial charge >= 0.3 is 0 Å². The summed E-state index contributed by atoms with van der Waals surface area (Å²) >= 11 is 0. The summed E-state index contributed by atoms with van der Waals surface area (Å²) in [6, 6.07) is 0. The van der Waals surface area contributed by atoms with Crippen LogP contribution in [0.4, 0.5) is 0 Å². The van der Waals surface area contributed by atoms with Crippen molar-refractivity contribution in [2.75, 3.05) is 13.2 Å². The zero-order chi connectivity index (χ0) is 13.2. The molecule has 1 saturated carbocycles. The number of hydrogen-bond donors (Lipinski definition) is 0. The first-order valence-electron chi connectivity index (χ1n) is 7.82. The predicted molar refractivity (Wildman–Crippen MR) is 74.4 cm³/mol. The van der Waals surface area contributed by atoms with Crippen molar-refractivity contribution in [2.24, 2.45) is 23.7 Å². The third kappa shape index (κ3) is 2.91. The molecule has 18 heavy (non-hydrogen) atoms. The lowest BCUT2D eigenvalue weighted by Crippen LogP contribution is -2.52. The minimum Gasteiger partial charge on any atom is -0.349 e. The summed E-state index contributed by atoms with van der Waals surface area (Å²) < 4.78 is 12.4. The minimum absolute atomic E-state index is 0.274. The summed E-state index contributed by atoms with van der Waals surface area (Å²) in [6.07, 6.45) is 6.18. The van der Waals surface area contributed by atoms with E-state index in [4.69, 9.17) is 9.47 Å². The quantitative estimate of drug-likeness (QED) is 0.734. The molecule has 1 spiro atoms. The molecule has 2 unspecified atom stereocenters. The first-order chi connectivity index (χ1) is 8.54. The van der Waals surface area contributed by atoms with Crippen LogP contribution in [0.5, 0.6) is 0 Å². The van der Waals surface area contributed by atoms with Crippen LogP contribution in [0.1, 0.15) is 59.8 Å². The van der Waals surface area contributed by atoms with E-state index >= 15 is 0 Å². The Labute approximate surface area is 112 Å². The molecule has 2 nitrogen and oxygen atoms in total. The summed E-state index contributed by atoms with van der Waals surface area (Å²) in [5.41, 5.74) is 0. The molecule has 1 aliphatic carbocycles. The van der Waals surface area contributed by atoms with E-state index in [1.807, 2.05) is 0 Å². The first-order valence-corrected chi connectivity index (χ1v) is 7.82. The van der Waals surface area contributed by atoms with E-state index in [0.29, 0.717) is 11.8 Å². The van der Waals surface area contributed by atoms with Crippen molar-refractivity contribution in [3.63, 3.8) is 0 Å². The lowest BCUT2D eigenvalue weighted by molar-refractivity contribution is -0.297. The van der Waals surface area contributed by atoms with Gasteiger partial charge in [0.15, 0.2) is 5.79 Å². The molecule has 0 N–H and O–H groups in total.